The number of benzene rings is 1. The first-order valence-electron chi connectivity index (χ1n) is 6.87. The lowest BCUT2D eigenvalue weighted by Gasteiger charge is -2.08. The largest absolute Gasteiger partial charge is 0.321 e. The van der Waals surface area contributed by atoms with E-state index < -0.39 is 0 Å². The predicted molar refractivity (Wildman–Crippen MR) is 80.4 cm³/mol. The highest BCUT2D eigenvalue weighted by Gasteiger charge is 2.07. The number of hydrogen-bond donors (Lipinski definition) is 1. The van der Waals surface area contributed by atoms with Gasteiger partial charge < -0.3 is 4.57 Å². The van der Waals surface area contributed by atoms with Gasteiger partial charge in [-0.3, -0.25) is 4.79 Å². The third-order valence-corrected chi connectivity index (χ3v) is 3.19. The Hall–Kier alpha value is -2.17. The van der Waals surface area contributed by atoms with E-state index >= 15 is 0 Å². The van der Waals surface area contributed by atoms with Crippen molar-refractivity contribution in [2.24, 2.45) is 11.0 Å². The van der Waals surface area contributed by atoms with Gasteiger partial charge in [0.15, 0.2) is 0 Å². The van der Waals surface area contributed by atoms with E-state index in [1.807, 2.05) is 35.8 Å². The van der Waals surface area contributed by atoms with Crippen molar-refractivity contribution in [1.29, 1.82) is 0 Å². The van der Waals surface area contributed by atoms with E-state index in [-0.39, 0.29) is 12.5 Å². The molecule has 1 aromatic carbocycles. The number of nitrogens with zero attached hydrogens (tertiary/aromatic N) is 3. The molecule has 5 heteroatoms. The Morgan fingerprint density at radius 2 is 2.15 bits per heavy atom. The summed E-state index contributed by atoms with van der Waals surface area (Å²) in [5, 5.41) is 4.19. The van der Waals surface area contributed by atoms with E-state index in [0.29, 0.717) is 5.92 Å². The van der Waals surface area contributed by atoms with Crippen LogP contribution in [0, 0.1) is 5.92 Å². The van der Waals surface area contributed by atoms with Crippen molar-refractivity contribution in [3.05, 3.63) is 30.6 Å². The quantitative estimate of drug-likeness (QED) is 0.671. The van der Waals surface area contributed by atoms with Gasteiger partial charge in [0, 0.05) is 5.71 Å². The van der Waals surface area contributed by atoms with Crippen LogP contribution < -0.4 is 5.43 Å². The molecule has 0 radical (unpaired) electrons. The zero-order valence-electron chi connectivity index (χ0n) is 12.1. The number of nitrogens with one attached hydrogen (secondary N) is 1. The van der Waals surface area contributed by atoms with Gasteiger partial charge in [0.1, 0.15) is 6.54 Å². The standard InChI is InChI=1S/C15H20N4O/c1-4-12(11(2)3)17-18-15(20)9-19-10-16-13-7-5-6-8-14(13)19/h5-8,10-11H,4,9H2,1-3H3,(H,18,20)/b17-12-. The maximum absolute atomic E-state index is 11.9. The monoisotopic (exact) mass is 272 g/mol. The number of amides is 1. The van der Waals surface area contributed by atoms with Gasteiger partial charge in [-0.1, -0.05) is 32.9 Å². The summed E-state index contributed by atoms with van der Waals surface area (Å²) in [6, 6.07) is 7.74. The van der Waals surface area contributed by atoms with Crippen molar-refractivity contribution in [3.8, 4) is 0 Å². The molecule has 0 spiro atoms. The Balaban J connectivity index is 2.05. The molecule has 1 aromatic heterocycles. The Morgan fingerprint density at radius 3 is 2.85 bits per heavy atom. The first kappa shape index (κ1) is 14.2. The average molecular weight is 272 g/mol. The molecule has 0 saturated carbocycles. The molecule has 0 fully saturated rings. The van der Waals surface area contributed by atoms with Crippen LogP contribution in [0.4, 0.5) is 0 Å². The molecule has 20 heavy (non-hydrogen) atoms. The van der Waals surface area contributed by atoms with Crippen molar-refractivity contribution in [3.63, 3.8) is 0 Å². The number of hydrazone groups is 1. The highest BCUT2D eigenvalue weighted by atomic mass is 16.2. The first-order chi connectivity index (χ1) is 9.61. The van der Waals surface area contributed by atoms with Crippen LogP contribution in [-0.2, 0) is 11.3 Å². The molecule has 0 aliphatic rings. The Morgan fingerprint density at radius 1 is 1.40 bits per heavy atom. The molecule has 106 valence electrons. The van der Waals surface area contributed by atoms with E-state index in [1.54, 1.807) is 6.33 Å². The molecule has 0 aliphatic heterocycles. The Labute approximate surface area is 118 Å². The van der Waals surface area contributed by atoms with Gasteiger partial charge in [0.25, 0.3) is 5.91 Å². The highest BCUT2D eigenvalue weighted by Crippen LogP contribution is 2.11. The molecule has 2 aromatic rings. The lowest BCUT2D eigenvalue weighted by Crippen LogP contribution is -2.25. The van der Waals surface area contributed by atoms with E-state index in [2.05, 4.69) is 29.4 Å². The normalized spacial score (nSPS) is 12.1. The molecule has 0 aliphatic carbocycles. The summed E-state index contributed by atoms with van der Waals surface area (Å²) in [6.07, 6.45) is 2.52. The molecule has 0 saturated heterocycles. The molecule has 1 N–H and O–H groups in total. The van der Waals surface area contributed by atoms with Crippen LogP contribution in [0.15, 0.2) is 35.7 Å². The van der Waals surface area contributed by atoms with Crippen LogP contribution in [0.2, 0.25) is 0 Å². The molecule has 0 atom stereocenters. The van der Waals surface area contributed by atoms with Crippen LogP contribution in [0.3, 0.4) is 0 Å². The van der Waals surface area contributed by atoms with Gasteiger partial charge in [-0.2, -0.15) is 5.10 Å². The Bertz CT molecular complexity index is 628. The maximum atomic E-state index is 11.9. The summed E-state index contributed by atoms with van der Waals surface area (Å²) >= 11 is 0. The first-order valence-corrected chi connectivity index (χ1v) is 6.87. The SMILES string of the molecule is CC/C(=N/NC(=O)Cn1cnc2ccccc21)C(C)C. The molecule has 5 nitrogen and oxygen atoms in total. The molecule has 0 unspecified atom stereocenters. The van der Waals surface area contributed by atoms with Crippen LogP contribution in [0.1, 0.15) is 27.2 Å². The van der Waals surface area contributed by atoms with Crippen LogP contribution >= 0.6 is 0 Å². The fourth-order valence-electron chi connectivity index (χ4n) is 2.08. The summed E-state index contributed by atoms with van der Waals surface area (Å²) in [5.74, 6) is 0.203. The van der Waals surface area contributed by atoms with Crippen molar-refractivity contribution in [2.75, 3.05) is 0 Å². The van der Waals surface area contributed by atoms with Crippen molar-refractivity contribution >= 4 is 22.7 Å². The number of imidazole rings is 1. The molecule has 1 amide bonds. The van der Waals surface area contributed by atoms with E-state index in [4.69, 9.17) is 0 Å². The minimum Gasteiger partial charge on any atom is -0.321 e. The van der Waals surface area contributed by atoms with Gasteiger partial charge in [-0.05, 0) is 24.5 Å². The smallest absolute Gasteiger partial charge is 0.260 e. The van der Waals surface area contributed by atoms with E-state index in [1.165, 1.54) is 0 Å². The minimum atomic E-state index is -0.139. The van der Waals surface area contributed by atoms with Gasteiger partial charge in [-0.15, -0.1) is 0 Å². The highest BCUT2D eigenvalue weighted by molar-refractivity contribution is 5.87. The number of hydrogen-bond acceptors (Lipinski definition) is 3. The second kappa shape index (κ2) is 6.32. The third-order valence-electron chi connectivity index (χ3n) is 3.19. The fourth-order valence-corrected chi connectivity index (χ4v) is 2.08. The summed E-state index contributed by atoms with van der Waals surface area (Å²) in [7, 11) is 0. The summed E-state index contributed by atoms with van der Waals surface area (Å²) in [6.45, 7) is 6.39. The lowest BCUT2D eigenvalue weighted by atomic mass is 10.1. The van der Waals surface area contributed by atoms with Gasteiger partial charge in [0.2, 0.25) is 0 Å². The second-order valence-electron chi connectivity index (χ2n) is 5.01. The van der Waals surface area contributed by atoms with Crippen LogP contribution in [0.25, 0.3) is 11.0 Å². The van der Waals surface area contributed by atoms with E-state index in [9.17, 15) is 4.79 Å². The fraction of sp³-hybridized carbons (Fsp3) is 0.400. The summed E-state index contributed by atoms with van der Waals surface area (Å²) in [5.41, 5.74) is 5.45. The second-order valence-corrected chi connectivity index (χ2v) is 5.01. The minimum absolute atomic E-state index is 0.139. The van der Waals surface area contributed by atoms with Gasteiger partial charge in [-0.25, -0.2) is 10.4 Å². The third kappa shape index (κ3) is 3.23. The molecular weight excluding hydrogens is 252 g/mol. The molecule has 1 heterocycles. The van der Waals surface area contributed by atoms with Crippen molar-refractivity contribution in [1.82, 2.24) is 15.0 Å². The van der Waals surface area contributed by atoms with Crippen molar-refractivity contribution in [2.45, 2.75) is 33.7 Å². The number of fused-ring (bicyclic) bond motifs is 1. The predicted octanol–water partition coefficient (Wildman–Crippen LogP) is 2.57. The average Bonchev–Trinajstić information content (AvgIpc) is 2.82. The Kier molecular flexibility index (Phi) is 4.50. The number of carbonyl (C=O) groups is 1. The molecular formula is C15H20N4O. The number of carbonyl (C=O) groups excluding carboxylic acids is 1. The van der Waals surface area contributed by atoms with Crippen LogP contribution in [0.5, 0.6) is 0 Å². The summed E-state index contributed by atoms with van der Waals surface area (Å²) < 4.78 is 1.82. The zero-order valence-corrected chi connectivity index (χ0v) is 12.1. The summed E-state index contributed by atoms with van der Waals surface area (Å²) in [4.78, 5) is 16.2. The van der Waals surface area contributed by atoms with E-state index in [0.717, 1.165) is 23.2 Å². The van der Waals surface area contributed by atoms with Crippen molar-refractivity contribution < 1.29 is 4.79 Å². The lowest BCUT2D eigenvalue weighted by molar-refractivity contribution is -0.121. The van der Waals surface area contributed by atoms with Gasteiger partial charge in [0.05, 0.1) is 17.4 Å². The molecule has 0 bridgehead atoms. The zero-order chi connectivity index (χ0) is 14.5. The number of rotatable bonds is 5. The number of aromatic nitrogens is 2. The van der Waals surface area contributed by atoms with Gasteiger partial charge >= 0.3 is 0 Å². The topological polar surface area (TPSA) is 59.3 Å². The maximum Gasteiger partial charge on any atom is 0.260 e. The van der Waals surface area contributed by atoms with Crippen LogP contribution in [-0.4, -0.2) is 21.2 Å². The number of para-hydroxylation sites is 2. The molecule has 2 rings (SSSR count).